The van der Waals surface area contributed by atoms with Crippen LogP contribution >= 0.6 is 11.3 Å². The first-order valence-electron chi connectivity index (χ1n) is 13.7. The van der Waals surface area contributed by atoms with E-state index in [1.165, 1.54) is 23.5 Å². The Hall–Kier alpha value is -2.27. The summed E-state index contributed by atoms with van der Waals surface area (Å²) < 4.78 is 27.8. The Morgan fingerprint density at radius 2 is 1.74 bits per heavy atom. The lowest BCUT2D eigenvalue weighted by Gasteiger charge is -2.30. The lowest BCUT2D eigenvalue weighted by molar-refractivity contribution is 0.0792. The van der Waals surface area contributed by atoms with E-state index in [0.717, 1.165) is 68.7 Å². The van der Waals surface area contributed by atoms with Crippen LogP contribution in [0.25, 0.3) is 0 Å². The molecule has 2 fully saturated rings. The number of likely N-dealkylation sites (tertiary alicyclic amines) is 1. The van der Waals surface area contributed by atoms with Crippen molar-refractivity contribution in [2.45, 2.75) is 70.4 Å². The molecule has 1 atom stereocenters. The van der Waals surface area contributed by atoms with E-state index < -0.39 is 10.0 Å². The summed E-state index contributed by atoms with van der Waals surface area (Å²) in [7, 11) is -3.59. The Labute approximate surface area is 230 Å². The number of piperidine rings is 1. The highest BCUT2D eigenvalue weighted by molar-refractivity contribution is 7.89. The molecule has 3 aliphatic rings. The minimum Gasteiger partial charge on any atom is -0.339 e. The predicted molar refractivity (Wildman–Crippen MR) is 150 cm³/mol. The van der Waals surface area contributed by atoms with Gasteiger partial charge in [-0.1, -0.05) is 6.92 Å². The number of anilines is 1. The van der Waals surface area contributed by atoms with Crippen molar-refractivity contribution in [2.75, 3.05) is 38.0 Å². The van der Waals surface area contributed by atoms with E-state index in [9.17, 15) is 18.0 Å². The monoisotopic (exact) mass is 558 g/mol. The SMILES string of the molecule is CC1CCCN(S(=O)(=O)c2ccc(C(=O)Nc3sc4c(c3C(=O)N3CCCC3)CCN(C(C)C)C4)cc2)C1. The second-order valence-corrected chi connectivity index (χ2v) is 14.2. The van der Waals surface area contributed by atoms with E-state index >= 15 is 0 Å². The van der Waals surface area contributed by atoms with Crippen LogP contribution in [0, 0.1) is 5.92 Å². The summed E-state index contributed by atoms with van der Waals surface area (Å²) in [6.45, 7) is 10.6. The van der Waals surface area contributed by atoms with Crippen LogP contribution in [-0.2, 0) is 23.0 Å². The summed E-state index contributed by atoms with van der Waals surface area (Å²) in [6.07, 6.45) is 4.70. The summed E-state index contributed by atoms with van der Waals surface area (Å²) >= 11 is 1.50. The van der Waals surface area contributed by atoms with Gasteiger partial charge in [0.05, 0.1) is 10.5 Å². The van der Waals surface area contributed by atoms with Crippen LogP contribution in [-0.4, -0.2) is 73.1 Å². The summed E-state index contributed by atoms with van der Waals surface area (Å²) in [5.74, 6) is 0.00565. The summed E-state index contributed by atoms with van der Waals surface area (Å²) in [4.78, 5) is 32.5. The third-order valence-corrected chi connectivity index (χ3v) is 11.0. The highest BCUT2D eigenvalue weighted by atomic mass is 32.2. The maximum atomic E-state index is 13.6. The molecule has 0 saturated carbocycles. The standard InChI is InChI=1S/C28H38N4O4S2/c1-19(2)31-16-12-23-24(18-31)37-27(25(23)28(34)30-13-4-5-14-30)29-26(33)21-8-10-22(11-9-21)38(35,36)32-15-6-7-20(3)17-32/h8-11,19-20H,4-7,12-18H2,1-3H3,(H,29,33). The normalized spacial score (nSPS) is 21.1. The molecule has 10 heteroatoms. The molecule has 206 valence electrons. The van der Waals surface area contributed by atoms with E-state index in [2.05, 4.69) is 31.0 Å². The molecule has 0 spiro atoms. The van der Waals surface area contributed by atoms with E-state index in [0.29, 0.717) is 41.2 Å². The summed E-state index contributed by atoms with van der Waals surface area (Å²) in [5.41, 5.74) is 2.07. The number of hydrogen-bond donors (Lipinski definition) is 1. The number of nitrogens with zero attached hydrogens (tertiary/aromatic N) is 3. The highest BCUT2D eigenvalue weighted by Gasteiger charge is 2.33. The summed E-state index contributed by atoms with van der Waals surface area (Å²) in [6, 6.07) is 6.56. The maximum Gasteiger partial charge on any atom is 0.257 e. The van der Waals surface area contributed by atoms with Crippen LogP contribution in [0.2, 0.25) is 0 Å². The zero-order chi connectivity index (χ0) is 27.0. The van der Waals surface area contributed by atoms with Crippen LogP contribution in [0.5, 0.6) is 0 Å². The van der Waals surface area contributed by atoms with E-state index in [1.54, 1.807) is 16.4 Å². The number of rotatable bonds is 6. The van der Waals surface area contributed by atoms with E-state index in [-0.39, 0.29) is 16.7 Å². The molecule has 4 heterocycles. The first-order valence-corrected chi connectivity index (χ1v) is 16.0. The van der Waals surface area contributed by atoms with Crippen molar-refractivity contribution in [1.29, 1.82) is 0 Å². The van der Waals surface area contributed by atoms with Gasteiger partial charge < -0.3 is 10.2 Å². The number of nitrogens with one attached hydrogen (secondary N) is 1. The third-order valence-electron chi connectivity index (χ3n) is 8.02. The molecule has 1 N–H and O–H groups in total. The molecule has 0 aliphatic carbocycles. The first kappa shape index (κ1) is 27.3. The fourth-order valence-electron chi connectivity index (χ4n) is 5.72. The van der Waals surface area contributed by atoms with Crippen molar-refractivity contribution in [2.24, 2.45) is 5.92 Å². The lowest BCUT2D eigenvalue weighted by Crippen LogP contribution is -2.39. The van der Waals surface area contributed by atoms with Gasteiger partial charge in [-0.2, -0.15) is 4.31 Å². The number of amides is 2. The molecule has 5 rings (SSSR count). The topological polar surface area (TPSA) is 90.0 Å². The highest BCUT2D eigenvalue weighted by Crippen LogP contribution is 2.39. The van der Waals surface area contributed by atoms with Crippen molar-refractivity contribution in [3.05, 3.63) is 45.8 Å². The Bertz CT molecular complexity index is 1300. The van der Waals surface area contributed by atoms with Crippen molar-refractivity contribution >= 4 is 38.2 Å². The molecule has 2 aromatic rings. The number of carbonyl (C=O) groups excluding carboxylic acids is 2. The van der Waals surface area contributed by atoms with Gasteiger partial charge in [-0.05, 0) is 81.7 Å². The van der Waals surface area contributed by atoms with Gasteiger partial charge in [0, 0.05) is 55.8 Å². The number of fused-ring (bicyclic) bond motifs is 1. The van der Waals surface area contributed by atoms with E-state index in [4.69, 9.17) is 0 Å². The number of carbonyl (C=O) groups is 2. The molecule has 1 aromatic heterocycles. The van der Waals surface area contributed by atoms with Gasteiger partial charge in [0.25, 0.3) is 11.8 Å². The van der Waals surface area contributed by atoms with Gasteiger partial charge in [0.15, 0.2) is 0 Å². The van der Waals surface area contributed by atoms with Gasteiger partial charge in [-0.25, -0.2) is 8.42 Å². The fraction of sp³-hybridized carbons (Fsp3) is 0.571. The molecule has 2 amide bonds. The number of thiophene rings is 1. The number of sulfonamides is 1. The quantitative estimate of drug-likeness (QED) is 0.567. The molecule has 2 saturated heterocycles. The molecular weight excluding hydrogens is 520 g/mol. The van der Waals surface area contributed by atoms with Crippen LogP contribution < -0.4 is 5.32 Å². The first-order chi connectivity index (χ1) is 18.1. The summed E-state index contributed by atoms with van der Waals surface area (Å²) in [5, 5.41) is 3.61. The molecule has 0 radical (unpaired) electrons. The smallest absolute Gasteiger partial charge is 0.257 e. The van der Waals surface area contributed by atoms with Crippen molar-refractivity contribution in [3.63, 3.8) is 0 Å². The molecule has 8 nitrogen and oxygen atoms in total. The Balaban J connectivity index is 1.38. The average molecular weight is 559 g/mol. The zero-order valence-corrected chi connectivity index (χ0v) is 24.2. The average Bonchev–Trinajstić information content (AvgIpc) is 3.56. The molecule has 38 heavy (non-hydrogen) atoms. The molecule has 0 bridgehead atoms. The number of benzene rings is 1. The van der Waals surface area contributed by atoms with Gasteiger partial charge >= 0.3 is 0 Å². The zero-order valence-electron chi connectivity index (χ0n) is 22.5. The molecule has 1 unspecified atom stereocenters. The van der Waals surface area contributed by atoms with Gasteiger partial charge in [-0.15, -0.1) is 11.3 Å². The van der Waals surface area contributed by atoms with Gasteiger partial charge in [0.2, 0.25) is 10.0 Å². The second-order valence-electron chi connectivity index (χ2n) is 11.1. The largest absolute Gasteiger partial charge is 0.339 e. The second kappa shape index (κ2) is 11.1. The predicted octanol–water partition coefficient (Wildman–Crippen LogP) is 4.42. The van der Waals surface area contributed by atoms with Crippen LogP contribution in [0.1, 0.15) is 77.6 Å². The number of hydrogen-bond acceptors (Lipinski definition) is 6. The third kappa shape index (κ3) is 5.41. The minimum absolute atomic E-state index is 0.00509. The minimum atomic E-state index is -3.59. The van der Waals surface area contributed by atoms with Crippen molar-refractivity contribution in [3.8, 4) is 0 Å². The van der Waals surface area contributed by atoms with Crippen LogP contribution in [0.4, 0.5) is 5.00 Å². The Morgan fingerprint density at radius 1 is 1.03 bits per heavy atom. The maximum absolute atomic E-state index is 13.6. The Kier molecular flexibility index (Phi) is 7.96. The fourth-order valence-corrected chi connectivity index (χ4v) is 8.58. The molecular formula is C28H38N4O4S2. The van der Waals surface area contributed by atoms with E-state index in [1.807, 2.05) is 4.90 Å². The van der Waals surface area contributed by atoms with Crippen molar-refractivity contribution < 1.29 is 18.0 Å². The molecule has 1 aromatic carbocycles. The van der Waals surface area contributed by atoms with Crippen molar-refractivity contribution in [1.82, 2.24) is 14.1 Å². The van der Waals surface area contributed by atoms with Gasteiger partial charge in [-0.3, -0.25) is 14.5 Å². The molecule has 3 aliphatic heterocycles. The Morgan fingerprint density at radius 3 is 2.39 bits per heavy atom. The van der Waals surface area contributed by atoms with Crippen LogP contribution in [0.3, 0.4) is 0 Å². The van der Waals surface area contributed by atoms with Gasteiger partial charge in [0.1, 0.15) is 5.00 Å². The lowest BCUT2D eigenvalue weighted by atomic mass is 10.0. The van der Waals surface area contributed by atoms with Crippen LogP contribution in [0.15, 0.2) is 29.2 Å².